The van der Waals surface area contributed by atoms with Crippen LogP contribution in [0.4, 0.5) is 0 Å². The average molecular weight is 297 g/mol. The highest BCUT2D eigenvalue weighted by molar-refractivity contribution is 5.88. The van der Waals surface area contributed by atoms with Crippen molar-refractivity contribution in [2.45, 2.75) is 31.7 Å². The summed E-state index contributed by atoms with van der Waals surface area (Å²) >= 11 is 0. The van der Waals surface area contributed by atoms with Gasteiger partial charge in [-0.05, 0) is 48.4 Å². The molecule has 1 aromatic heterocycles. The molecule has 1 atom stereocenters. The van der Waals surface area contributed by atoms with Gasteiger partial charge >= 0.3 is 5.97 Å². The molecule has 0 amide bonds. The van der Waals surface area contributed by atoms with E-state index in [2.05, 4.69) is 15.3 Å². The number of aryl methyl sites for hydroxylation is 1. The van der Waals surface area contributed by atoms with E-state index < -0.39 is 5.97 Å². The molecule has 5 nitrogen and oxygen atoms in total. The van der Waals surface area contributed by atoms with Crippen LogP contribution in [-0.4, -0.2) is 27.6 Å². The van der Waals surface area contributed by atoms with Crippen molar-refractivity contribution >= 4 is 5.97 Å². The molecule has 0 aliphatic heterocycles. The number of rotatable bonds is 5. The fourth-order valence-electron chi connectivity index (χ4n) is 3.05. The highest BCUT2D eigenvalue weighted by Crippen LogP contribution is 2.32. The van der Waals surface area contributed by atoms with Gasteiger partial charge < -0.3 is 10.4 Å². The maximum absolute atomic E-state index is 11.2. The molecule has 22 heavy (non-hydrogen) atoms. The molecule has 0 spiro atoms. The normalized spacial score (nSPS) is 17.0. The Labute approximate surface area is 129 Å². The molecule has 2 aromatic rings. The predicted octanol–water partition coefficient (Wildman–Crippen LogP) is 2.38. The first-order valence-electron chi connectivity index (χ1n) is 7.55. The van der Waals surface area contributed by atoms with Crippen LogP contribution in [-0.2, 0) is 13.0 Å². The van der Waals surface area contributed by atoms with Crippen LogP contribution in [0.15, 0.2) is 36.9 Å². The first kappa shape index (κ1) is 14.7. The smallest absolute Gasteiger partial charge is 0.335 e. The Kier molecular flexibility index (Phi) is 4.44. The van der Waals surface area contributed by atoms with Crippen molar-refractivity contribution in [2.24, 2.45) is 0 Å². The molecule has 1 aromatic carbocycles. The minimum Gasteiger partial charge on any atom is -0.478 e. The van der Waals surface area contributed by atoms with E-state index in [-0.39, 0.29) is 0 Å². The standard InChI is InChI=1S/C17H19N3O2/c21-17(22)14-5-4-13-2-1-3-15(16(13)6-14)10-18-7-12-8-19-11-20-9-12/h4-6,8-9,11,15,18H,1-3,7,10H2,(H,21,22). The number of fused-ring (bicyclic) bond motifs is 1. The lowest BCUT2D eigenvalue weighted by atomic mass is 9.82. The Morgan fingerprint density at radius 3 is 2.91 bits per heavy atom. The van der Waals surface area contributed by atoms with E-state index in [1.807, 2.05) is 12.1 Å². The maximum atomic E-state index is 11.2. The summed E-state index contributed by atoms with van der Waals surface area (Å²) in [6, 6.07) is 5.52. The lowest BCUT2D eigenvalue weighted by Crippen LogP contribution is -2.24. The zero-order valence-electron chi connectivity index (χ0n) is 12.3. The molecule has 3 rings (SSSR count). The lowest BCUT2D eigenvalue weighted by Gasteiger charge is -2.26. The molecule has 0 saturated heterocycles. The number of nitrogens with one attached hydrogen (secondary N) is 1. The number of hydrogen-bond acceptors (Lipinski definition) is 4. The van der Waals surface area contributed by atoms with Crippen LogP contribution in [0.25, 0.3) is 0 Å². The zero-order chi connectivity index (χ0) is 15.4. The SMILES string of the molecule is O=C(O)c1ccc2c(c1)C(CNCc1cncnc1)CCC2. The molecule has 0 saturated carbocycles. The topological polar surface area (TPSA) is 75.1 Å². The Morgan fingerprint density at radius 1 is 1.32 bits per heavy atom. The van der Waals surface area contributed by atoms with Crippen molar-refractivity contribution in [1.82, 2.24) is 15.3 Å². The summed E-state index contributed by atoms with van der Waals surface area (Å²) in [5.74, 6) is -0.491. The van der Waals surface area contributed by atoms with Crippen LogP contribution >= 0.6 is 0 Å². The molecule has 0 bridgehead atoms. The van der Waals surface area contributed by atoms with E-state index >= 15 is 0 Å². The Hall–Kier alpha value is -2.27. The first-order valence-corrected chi connectivity index (χ1v) is 7.55. The summed E-state index contributed by atoms with van der Waals surface area (Å²) in [5, 5.41) is 12.6. The molecule has 114 valence electrons. The fourth-order valence-corrected chi connectivity index (χ4v) is 3.05. The third-order valence-corrected chi connectivity index (χ3v) is 4.17. The lowest BCUT2D eigenvalue weighted by molar-refractivity contribution is 0.0696. The van der Waals surface area contributed by atoms with Crippen LogP contribution in [0.1, 0.15) is 45.8 Å². The van der Waals surface area contributed by atoms with Crippen LogP contribution < -0.4 is 5.32 Å². The summed E-state index contributed by atoms with van der Waals surface area (Å²) < 4.78 is 0. The minimum atomic E-state index is -0.860. The van der Waals surface area contributed by atoms with Gasteiger partial charge in [0.15, 0.2) is 0 Å². The van der Waals surface area contributed by atoms with Crippen LogP contribution in [0, 0.1) is 0 Å². The second-order valence-corrected chi connectivity index (χ2v) is 5.69. The van der Waals surface area contributed by atoms with Crippen LogP contribution in [0.3, 0.4) is 0 Å². The number of aromatic nitrogens is 2. The van der Waals surface area contributed by atoms with Gasteiger partial charge in [-0.2, -0.15) is 0 Å². The van der Waals surface area contributed by atoms with Gasteiger partial charge in [-0.1, -0.05) is 6.07 Å². The van der Waals surface area contributed by atoms with Crippen molar-refractivity contribution in [3.63, 3.8) is 0 Å². The zero-order valence-corrected chi connectivity index (χ0v) is 12.3. The van der Waals surface area contributed by atoms with Gasteiger partial charge in [0.2, 0.25) is 0 Å². The van der Waals surface area contributed by atoms with Crippen molar-refractivity contribution in [2.75, 3.05) is 6.54 Å². The maximum Gasteiger partial charge on any atom is 0.335 e. The van der Waals surface area contributed by atoms with Gasteiger partial charge in [0.1, 0.15) is 6.33 Å². The van der Waals surface area contributed by atoms with Crippen molar-refractivity contribution in [3.05, 3.63) is 59.2 Å². The summed E-state index contributed by atoms with van der Waals surface area (Å²) in [7, 11) is 0. The van der Waals surface area contributed by atoms with E-state index in [9.17, 15) is 4.79 Å². The Balaban J connectivity index is 1.68. The minimum absolute atomic E-state index is 0.368. The van der Waals surface area contributed by atoms with E-state index in [4.69, 9.17) is 5.11 Å². The van der Waals surface area contributed by atoms with E-state index in [0.29, 0.717) is 11.5 Å². The van der Waals surface area contributed by atoms with Crippen molar-refractivity contribution < 1.29 is 9.90 Å². The highest BCUT2D eigenvalue weighted by Gasteiger charge is 2.21. The summed E-state index contributed by atoms with van der Waals surface area (Å²) in [4.78, 5) is 19.2. The molecule has 1 heterocycles. The number of aromatic carboxylic acids is 1. The first-order chi connectivity index (χ1) is 10.7. The molecule has 2 N–H and O–H groups in total. The van der Waals surface area contributed by atoms with Gasteiger partial charge in [-0.3, -0.25) is 0 Å². The largest absolute Gasteiger partial charge is 0.478 e. The van der Waals surface area contributed by atoms with Crippen molar-refractivity contribution in [3.8, 4) is 0 Å². The molecule has 5 heteroatoms. The quantitative estimate of drug-likeness (QED) is 0.886. The monoisotopic (exact) mass is 297 g/mol. The third kappa shape index (κ3) is 3.31. The molecule has 1 aliphatic rings. The number of benzene rings is 1. The predicted molar refractivity (Wildman–Crippen MR) is 82.8 cm³/mol. The van der Waals surface area contributed by atoms with Gasteiger partial charge in [-0.25, -0.2) is 14.8 Å². The molecule has 1 aliphatic carbocycles. The van der Waals surface area contributed by atoms with Gasteiger partial charge in [0, 0.05) is 31.0 Å². The van der Waals surface area contributed by atoms with E-state index in [1.54, 1.807) is 18.5 Å². The van der Waals surface area contributed by atoms with E-state index in [0.717, 1.165) is 37.9 Å². The van der Waals surface area contributed by atoms with Gasteiger partial charge in [0.05, 0.1) is 5.56 Å². The molecule has 0 fully saturated rings. The highest BCUT2D eigenvalue weighted by atomic mass is 16.4. The second-order valence-electron chi connectivity index (χ2n) is 5.69. The second kappa shape index (κ2) is 6.66. The molecule has 1 unspecified atom stereocenters. The van der Waals surface area contributed by atoms with Gasteiger partial charge in [0.25, 0.3) is 0 Å². The van der Waals surface area contributed by atoms with Gasteiger partial charge in [-0.15, -0.1) is 0 Å². The summed E-state index contributed by atoms with van der Waals surface area (Å²) in [6.07, 6.45) is 8.41. The number of hydrogen-bond donors (Lipinski definition) is 2. The summed E-state index contributed by atoms with van der Waals surface area (Å²) in [6.45, 7) is 1.57. The number of carboxylic acids is 1. The fraction of sp³-hybridized carbons (Fsp3) is 0.353. The van der Waals surface area contributed by atoms with Crippen LogP contribution in [0.2, 0.25) is 0 Å². The number of carboxylic acid groups (broad SMARTS) is 1. The average Bonchev–Trinajstić information content (AvgIpc) is 2.55. The molecular formula is C17H19N3O2. The Bertz CT molecular complexity index is 658. The van der Waals surface area contributed by atoms with Crippen LogP contribution in [0.5, 0.6) is 0 Å². The van der Waals surface area contributed by atoms with Crippen molar-refractivity contribution in [1.29, 1.82) is 0 Å². The Morgan fingerprint density at radius 2 is 2.14 bits per heavy atom. The number of nitrogens with zero attached hydrogens (tertiary/aromatic N) is 2. The van der Waals surface area contributed by atoms with E-state index in [1.165, 1.54) is 17.5 Å². The summed E-state index contributed by atoms with van der Waals surface area (Å²) in [5.41, 5.74) is 3.90. The third-order valence-electron chi connectivity index (χ3n) is 4.17. The number of carbonyl (C=O) groups is 1. The molecule has 0 radical (unpaired) electrons. The molecular weight excluding hydrogens is 278 g/mol.